The highest BCUT2D eigenvalue weighted by atomic mass is 32.2. The van der Waals surface area contributed by atoms with Crippen molar-refractivity contribution in [2.24, 2.45) is 0 Å². The van der Waals surface area contributed by atoms with Crippen LogP contribution < -0.4 is 9.46 Å². The number of carbonyl (C=O) groups is 1. The second-order valence-electron chi connectivity index (χ2n) is 8.70. The van der Waals surface area contributed by atoms with Crippen molar-refractivity contribution in [2.75, 3.05) is 0 Å². The van der Waals surface area contributed by atoms with E-state index in [-0.39, 0.29) is 23.0 Å². The van der Waals surface area contributed by atoms with Crippen molar-refractivity contribution in [3.05, 3.63) is 83.9 Å². The van der Waals surface area contributed by atoms with Crippen molar-refractivity contribution in [1.29, 1.82) is 0 Å². The minimum atomic E-state index is -3.72. The molecule has 2 aliphatic rings. The van der Waals surface area contributed by atoms with Gasteiger partial charge in [0, 0.05) is 23.1 Å². The third-order valence-corrected chi connectivity index (χ3v) is 8.22. The highest BCUT2D eigenvalue weighted by Crippen LogP contribution is 2.50. The van der Waals surface area contributed by atoms with Crippen LogP contribution in [0.2, 0.25) is 0 Å². The van der Waals surface area contributed by atoms with E-state index in [1.54, 1.807) is 25.1 Å². The molecule has 1 saturated carbocycles. The lowest BCUT2D eigenvalue weighted by Gasteiger charge is -2.20. The van der Waals surface area contributed by atoms with Gasteiger partial charge in [0.15, 0.2) is 0 Å². The third-order valence-electron chi connectivity index (χ3n) is 6.72. The molecule has 0 amide bonds. The lowest BCUT2D eigenvalue weighted by molar-refractivity contribution is -0.138. The molecular formula is C26H25NO5S. The Morgan fingerprint density at radius 1 is 0.970 bits per heavy atom. The van der Waals surface area contributed by atoms with Gasteiger partial charge in [-0.05, 0) is 43.0 Å². The molecule has 170 valence electrons. The molecule has 7 heteroatoms. The van der Waals surface area contributed by atoms with E-state index in [9.17, 15) is 18.3 Å². The first-order valence-electron chi connectivity index (χ1n) is 11.1. The first-order chi connectivity index (χ1) is 15.8. The summed E-state index contributed by atoms with van der Waals surface area (Å²) in [6.45, 7) is 1.63. The number of rotatable bonds is 6. The number of hydrogen-bond donors (Lipinski definition) is 2. The molecule has 6 nitrogen and oxygen atoms in total. The second kappa shape index (κ2) is 8.32. The molecular weight excluding hydrogens is 438 g/mol. The van der Waals surface area contributed by atoms with Gasteiger partial charge in [-0.2, -0.15) is 0 Å². The van der Waals surface area contributed by atoms with E-state index in [0.29, 0.717) is 24.2 Å². The topological polar surface area (TPSA) is 92.7 Å². The molecule has 0 spiro atoms. The fourth-order valence-electron chi connectivity index (χ4n) is 4.97. The van der Waals surface area contributed by atoms with Crippen LogP contribution in [0.1, 0.15) is 42.7 Å². The number of fused-ring (bicyclic) bond motifs is 3. The Bertz CT molecular complexity index is 1290. The van der Waals surface area contributed by atoms with Gasteiger partial charge in [0.25, 0.3) is 0 Å². The van der Waals surface area contributed by atoms with Gasteiger partial charge in [0.05, 0.1) is 10.8 Å². The molecule has 1 fully saturated rings. The highest BCUT2D eigenvalue weighted by molar-refractivity contribution is 7.89. The predicted octanol–water partition coefficient (Wildman–Crippen LogP) is 4.53. The van der Waals surface area contributed by atoms with E-state index in [1.165, 1.54) is 0 Å². The van der Waals surface area contributed by atoms with Crippen LogP contribution in [0.15, 0.2) is 77.7 Å². The van der Waals surface area contributed by atoms with Crippen LogP contribution in [0.25, 0.3) is 11.1 Å². The number of carboxylic acid groups (broad SMARTS) is 1. The largest absolute Gasteiger partial charge is 0.489 e. The van der Waals surface area contributed by atoms with Gasteiger partial charge in [-0.1, -0.05) is 60.7 Å². The van der Waals surface area contributed by atoms with Gasteiger partial charge in [0.1, 0.15) is 11.9 Å². The number of carboxylic acids is 1. The van der Waals surface area contributed by atoms with E-state index >= 15 is 0 Å². The van der Waals surface area contributed by atoms with Crippen LogP contribution in [0.3, 0.4) is 0 Å². The second-order valence-corrected chi connectivity index (χ2v) is 10.4. The Kier molecular flexibility index (Phi) is 5.46. The zero-order valence-electron chi connectivity index (χ0n) is 18.1. The quantitative estimate of drug-likeness (QED) is 0.560. The van der Waals surface area contributed by atoms with Crippen LogP contribution in [0.4, 0.5) is 0 Å². The standard InChI is InChI=1S/C26H25NO5S/c1-16(26(28)29)20-8-5-9-21-24-22(14-15-23(24)32-25(20)21)27-33(30,31)19-12-10-18(11-13-19)17-6-3-2-4-7-17/h2-13,16,22-24,27H,14-15H2,1H3,(H,28,29). The van der Waals surface area contributed by atoms with Gasteiger partial charge in [0.2, 0.25) is 10.0 Å². The van der Waals surface area contributed by atoms with Crippen molar-refractivity contribution in [2.45, 2.75) is 48.6 Å². The number of nitrogens with one attached hydrogen (secondary N) is 1. The Balaban J connectivity index is 1.39. The average Bonchev–Trinajstić information content (AvgIpc) is 3.38. The number of para-hydroxylation sites is 1. The van der Waals surface area contributed by atoms with E-state index in [1.807, 2.05) is 54.6 Å². The van der Waals surface area contributed by atoms with Crippen molar-refractivity contribution in [3.8, 4) is 16.9 Å². The molecule has 0 radical (unpaired) electrons. The Morgan fingerprint density at radius 3 is 2.36 bits per heavy atom. The molecule has 1 aliphatic carbocycles. The summed E-state index contributed by atoms with van der Waals surface area (Å²) in [6, 6.07) is 21.9. The van der Waals surface area contributed by atoms with E-state index in [4.69, 9.17) is 4.74 Å². The minimum absolute atomic E-state index is 0.140. The zero-order chi connectivity index (χ0) is 23.2. The maximum Gasteiger partial charge on any atom is 0.310 e. The van der Waals surface area contributed by atoms with Gasteiger partial charge < -0.3 is 9.84 Å². The van der Waals surface area contributed by atoms with Gasteiger partial charge in [-0.25, -0.2) is 13.1 Å². The SMILES string of the molecule is CC(C(=O)O)c1cccc2c1OC1CCC(NS(=O)(=O)c3ccc(-c4ccccc4)cc3)C21. The molecule has 1 heterocycles. The monoisotopic (exact) mass is 463 g/mol. The summed E-state index contributed by atoms with van der Waals surface area (Å²) in [4.78, 5) is 11.7. The van der Waals surface area contributed by atoms with E-state index in [0.717, 1.165) is 16.7 Å². The first-order valence-corrected chi connectivity index (χ1v) is 12.5. The molecule has 0 bridgehead atoms. The number of benzene rings is 3. The maximum absolute atomic E-state index is 13.2. The van der Waals surface area contributed by atoms with Gasteiger partial charge >= 0.3 is 5.97 Å². The summed E-state index contributed by atoms with van der Waals surface area (Å²) in [5.74, 6) is -1.16. The molecule has 3 aromatic carbocycles. The molecule has 4 atom stereocenters. The van der Waals surface area contributed by atoms with Crippen LogP contribution >= 0.6 is 0 Å². The summed E-state index contributed by atoms with van der Waals surface area (Å²) in [5, 5.41) is 9.45. The van der Waals surface area contributed by atoms with Crippen molar-refractivity contribution >= 4 is 16.0 Å². The summed E-state index contributed by atoms with van der Waals surface area (Å²) < 4.78 is 35.4. The van der Waals surface area contributed by atoms with E-state index in [2.05, 4.69) is 4.72 Å². The smallest absolute Gasteiger partial charge is 0.310 e. The number of sulfonamides is 1. The normalized spacial score (nSPS) is 22.3. The molecule has 0 aromatic heterocycles. The predicted molar refractivity (Wildman–Crippen MR) is 125 cm³/mol. The van der Waals surface area contributed by atoms with Crippen LogP contribution in [-0.2, 0) is 14.8 Å². The van der Waals surface area contributed by atoms with Crippen molar-refractivity contribution in [3.63, 3.8) is 0 Å². The highest BCUT2D eigenvalue weighted by Gasteiger charge is 2.47. The summed E-state index contributed by atoms with van der Waals surface area (Å²) in [6.07, 6.45) is 1.21. The van der Waals surface area contributed by atoms with Crippen molar-refractivity contribution < 1.29 is 23.1 Å². The summed E-state index contributed by atoms with van der Waals surface area (Å²) in [5.41, 5.74) is 3.50. The molecule has 33 heavy (non-hydrogen) atoms. The number of hydrogen-bond acceptors (Lipinski definition) is 4. The fraction of sp³-hybridized carbons (Fsp3) is 0.269. The van der Waals surface area contributed by atoms with E-state index < -0.39 is 21.9 Å². The Hall–Kier alpha value is -3.16. The Morgan fingerprint density at radius 2 is 1.67 bits per heavy atom. The van der Waals surface area contributed by atoms with Crippen LogP contribution in [0, 0.1) is 0 Å². The zero-order valence-corrected chi connectivity index (χ0v) is 19.0. The summed E-state index contributed by atoms with van der Waals surface area (Å²) in [7, 11) is -3.72. The fourth-order valence-corrected chi connectivity index (χ4v) is 6.26. The van der Waals surface area contributed by atoms with Crippen molar-refractivity contribution in [1.82, 2.24) is 4.72 Å². The first kappa shape index (κ1) is 21.7. The van der Waals surface area contributed by atoms with Gasteiger partial charge in [-0.3, -0.25) is 4.79 Å². The molecule has 3 aromatic rings. The van der Waals surface area contributed by atoms with Crippen LogP contribution in [0.5, 0.6) is 5.75 Å². The molecule has 0 saturated heterocycles. The minimum Gasteiger partial charge on any atom is -0.489 e. The number of aliphatic carboxylic acids is 1. The maximum atomic E-state index is 13.2. The molecule has 2 N–H and O–H groups in total. The number of ether oxygens (including phenoxy) is 1. The summed E-state index contributed by atoms with van der Waals surface area (Å²) >= 11 is 0. The lowest BCUT2D eigenvalue weighted by atomic mass is 9.90. The van der Waals surface area contributed by atoms with Crippen LogP contribution in [-0.4, -0.2) is 31.6 Å². The third kappa shape index (κ3) is 3.92. The molecule has 5 rings (SSSR count). The van der Waals surface area contributed by atoms with Gasteiger partial charge in [-0.15, -0.1) is 0 Å². The average molecular weight is 464 g/mol. The molecule has 1 aliphatic heterocycles. The molecule has 4 unspecified atom stereocenters. The Labute approximate surface area is 193 Å². The lowest BCUT2D eigenvalue weighted by Crippen LogP contribution is -2.37.